The van der Waals surface area contributed by atoms with Gasteiger partial charge in [0, 0.05) is 12.1 Å². The summed E-state index contributed by atoms with van der Waals surface area (Å²) in [7, 11) is 0. The molecule has 0 aliphatic carbocycles. The Kier molecular flexibility index (Phi) is 6.29. The van der Waals surface area contributed by atoms with E-state index in [-0.39, 0.29) is 5.91 Å². The highest BCUT2D eigenvalue weighted by molar-refractivity contribution is 7.80. The van der Waals surface area contributed by atoms with Gasteiger partial charge in [-0.3, -0.25) is 4.79 Å². The molecule has 4 heteroatoms. The molecule has 0 aromatic heterocycles. The summed E-state index contributed by atoms with van der Waals surface area (Å²) in [6.45, 7) is 4.25. The fourth-order valence-electron chi connectivity index (χ4n) is 2.36. The number of hydrogen-bond donors (Lipinski definition) is 2. The Bertz CT molecular complexity index is 668. The summed E-state index contributed by atoms with van der Waals surface area (Å²) < 4.78 is 0. The SMILES string of the molecule is CC(C)c1ccccc1NC(=S)NC(=O)CCc1ccccc1. The van der Waals surface area contributed by atoms with Crippen LogP contribution in [0.1, 0.15) is 37.3 Å². The van der Waals surface area contributed by atoms with Gasteiger partial charge in [-0.15, -0.1) is 0 Å². The van der Waals surface area contributed by atoms with Crippen LogP contribution in [0.25, 0.3) is 0 Å². The van der Waals surface area contributed by atoms with E-state index in [4.69, 9.17) is 12.2 Å². The average molecular weight is 326 g/mol. The van der Waals surface area contributed by atoms with Gasteiger partial charge in [-0.2, -0.15) is 0 Å². The molecule has 0 bridgehead atoms. The van der Waals surface area contributed by atoms with Crippen LogP contribution in [0.5, 0.6) is 0 Å². The highest BCUT2D eigenvalue weighted by atomic mass is 32.1. The van der Waals surface area contributed by atoms with E-state index in [1.54, 1.807) is 0 Å². The number of para-hydroxylation sites is 1. The van der Waals surface area contributed by atoms with Gasteiger partial charge in [0.05, 0.1) is 0 Å². The lowest BCUT2D eigenvalue weighted by Gasteiger charge is -2.15. The van der Waals surface area contributed by atoms with Crippen molar-refractivity contribution in [3.8, 4) is 0 Å². The molecular formula is C19H22N2OS. The number of rotatable bonds is 5. The number of aryl methyl sites for hydroxylation is 1. The Morgan fingerprint density at radius 3 is 2.39 bits per heavy atom. The number of hydrogen-bond acceptors (Lipinski definition) is 2. The predicted molar refractivity (Wildman–Crippen MR) is 99.7 cm³/mol. The Labute approximate surface area is 143 Å². The molecule has 2 aromatic rings. The molecule has 0 aliphatic heterocycles. The molecular weight excluding hydrogens is 304 g/mol. The molecule has 120 valence electrons. The number of carbonyl (C=O) groups is 1. The number of nitrogens with one attached hydrogen (secondary N) is 2. The van der Waals surface area contributed by atoms with E-state index < -0.39 is 0 Å². The van der Waals surface area contributed by atoms with Crippen LogP contribution in [0.15, 0.2) is 54.6 Å². The maximum atomic E-state index is 12.0. The fourth-order valence-corrected chi connectivity index (χ4v) is 2.58. The van der Waals surface area contributed by atoms with Gasteiger partial charge < -0.3 is 10.6 Å². The standard InChI is InChI=1S/C19H22N2OS/c1-14(2)16-10-6-7-11-17(16)20-19(23)21-18(22)13-12-15-8-4-3-5-9-15/h3-11,14H,12-13H2,1-2H3,(H2,20,21,22,23). The molecule has 3 nitrogen and oxygen atoms in total. The zero-order valence-electron chi connectivity index (χ0n) is 13.5. The van der Waals surface area contributed by atoms with Crippen LogP contribution in [-0.2, 0) is 11.2 Å². The van der Waals surface area contributed by atoms with Crippen LogP contribution in [-0.4, -0.2) is 11.0 Å². The summed E-state index contributed by atoms with van der Waals surface area (Å²) in [6, 6.07) is 17.9. The first-order valence-electron chi connectivity index (χ1n) is 7.80. The molecule has 0 fully saturated rings. The quantitative estimate of drug-likeness (QED) is 0.807. The molecule has 0 aliphatic rings. The lowest BCUT2D eigenvalue weighted by molar-refractivity contribution is -0.119. The Morgan fingerprint density at radius 2 is 1.70 bits per heavy atom. The van der Waals surface area contributed by atoms with Crippen LogP contribution in [0.4, 0.5) is 5.69 Å². The van der Waals surface area contributed by atoms with E-state index in [0.717, 1.165) is 11.3 Å². The van der Waals surface area contributed by atoms with Crippen LogP contribution < -0.4 is 10.6 Å². The topological polar surface area (TPSA) is 41.1 Å². The second-order valence-electron chi connectivity index (χ2n) is 5.73. The third-order valence-corrected chi connectivity index (χ3v) is 3.77. The van der Waals surface area contributed by atoms with Crippen molar-refractivity contribution in [3.63, 3.8) is 0 Å². The molecule has 0 radical (unpaired) electrons. The van der Waals surface area contributed by atoms with Crippen molar-refractivity contribution in [3.05, 3.63) is 65.7 Å². The van der Waals surface area contributed by atoms with Crippen LogP contribution >= 0.6 is 12.2 Å². The summed E-state index contributed by atoms with van der Waals surface area (Å²) >= 11 is 5.25. The zero-order chi connectivity index (χ0) is 16.7. The third kappa shape index (κ3) is 5.49. The summed E-state index contributed by atoms with van der Waals surface area (Å²) in [5, 5.41) is 6.21. The van der Waals surface area contributed by atoms with Gasteiger partial charge in [-0.05, 0) is 41.7 Å². The summed E-state index contributed by atoms with van der Waals surface area (Å²) in [4.78, 5) is 12.0. The molecule has 2 aromatic carbocycles. The van der Waals surface area contributed by atoms with E-state index >= 15 is 0 Å². The van der Waals surface area contributed by atoms with Crippen molar-refractivity contribution in [1.29, 1.82) is 0 Å². The average Bonchev–Trinajstić information content (AvgIpc) is 2.54. The summed E-state index contributed by atoms with van der Waals surface area (Å²) in [5.74, 6) is 0.309. The number of benzene rings is 2. The van der Waals surface area contributed by atoms with E-state index in [1.165, 1.54) is 5.56 Å². The van der Waals surface area contributed by atoms with E-state index in [9.17, 15) is 4.79 Å². The van der Waals surface area contributed by atoms with Crippen molar-refractivity contribution >= 4 is 28.9 Å². The molecule has 2 rings (SSSR count). The largest absolute Gasteiger partial charge is 0.332 e. The fraction of sp³-hybridized carbons (Fsp3) is 0.263. The summed E-state index contributed by atoms with van der Waals surface area (Å²) in [5.41, 5.74) is 3.26. The number of amides is 1. The Morgan fingerprint density at radius 1 is 1.04 bits per heavy atom. The highest BCUT2D eigenvalue weighted by Crippen LogP contribution is 2.23. The van der Waals surface area contributed by atoms with Crippen LogP contribution in [0, 0.1) is 0 Å². The van der Waals surface area contributed by atoms with E-state index in [2.05, 4.69) is 30.5 Å². The first kappa shape index (κ1) is 17.2. The lowest BCUT2D eigenvalue weighted by Crippen LogP contribution is -2.34. The molecule has 0 saturated heterocycles. The minimum absolute atomic E-state index is 0.0756. The maximum Gasteiger partial charge on any atom is 0.226 e. The first-order chi connectivity index (χ1) is 11.1. The molecule has 0 saturated carbocycles. The van der Waals surface area contributed by atoms with Crippen molar-refractivity contribution in [2.75, 3.05) is 5.32 Å². The second kappa shape index (κ2) is 8.44. The molecule has 2 N–H and O–H groups in total. The smallest absolute Gasteiger partial charge is 0.226 e. The second-order valence-corrected chi connectivity index (χ2v) is 6.14. The van der Waals surface area contributed by atoms with Gasteiger partial charge in [0.1, 0.15) is 0 Å². The maximum absolute atomic E-state index is 12.0. The summed E-state index contributed by atoms with van der Waals surface area (Å²) in [6.07, 6.45) is 1.12. The van der Waals surface area contributed by atoms with Gasteiger partial charge in [-0.1, -0.05) is 62.4 Å². The van der Waals surface area contributed by atoms with Gasteiger partial charge in [0.15, 0.2) is 5.11 Å². The number of carbonyl (C=O) groups excluding carboxylic acids is 1. The van der Waals surface area contributed by atoms with E-state index in [0.29, 0.717) is 23.9 Å². The van der Waals surface area contributed by atoms with Gasteiger partial charge in [0.25, 0.3) is 0 Å². The normalized spacial score (nSPS) is 10.4. The van der Waals surface area contributed by atoms with Crippen LogP contribution in [0.2, 0.25) is 0 Å². The molecule has 0 spiro atoms. The zero-order valence-corrected chi connectivity index (χ0v) is 14.3. The molecule has 0 heterocycles. The predicted octanol–water partition coefficient (Wildman–Crippen LogP) is 4.26. The molecule has 1 amide bonds. The Hall–Kier alpha value is -2.20. The minimum atomic E-state index is -0.0756. The van der Waals surface area contributed by atoms with Crippen molar-refractivity contribution in [2.24, 2.45) is 0 Å². The number of thiocarbonyl (C=S) groups is 1. The molecule has 0 unspecified atom stereocenters. The van der Waals surface area contributed by atoms with Gasteiger partial charge in [0.2, 0.25) is 5.91 Å². The monoisotopic (exact) mass is 326 g/mol. The van der Waals surface area contributed by atoms with E-state index in [1.807, 2.05) is 48.5 Å². The van der Waals surface area contributed by atoms with Crippen molar-refractivity contribution < 1.29 is 4.79 Å². The van der Waals surface area contributed by atoms with Crippen molar-refractivity contribution in [2.45, 2.75) is 32.6 Å². The van der Waals surface area contributed by atoms with Gasteiger partial charge in [-0.25, -0.2) is 0 Å². The highest BCUT2D eigenvalue weighted by Gasteiger charge is 2.09. The Balaban J connectivity index is 1.86. The third-order valence-electron chi connectivity index (χ3n) is 3.57. The van der Waals surface area contributed by atoms with Gasteiger partial charge >= 0.3 is 0 Å². The lowest BCUT2D eigenvalue weighted by atomic mass is 10.0. The minimum Gasteiger partial charge on any atom is -0.332 e. The number of anilines is 1. The first-order valence-corrected chi connectivity index (χ1v) is 8.21. The molecule has 0 atom stereocenters. The molecule has 23 heavy (non-hydrogen) atoms. The van der Waals surface area contributed by atoms with Crippen molar-refractivity contribution in [1.82, 2.24) is 5.32 Å². The van der Waals surface area contributed by atoms with Crippen LogP contribution in [0.3, 0.4) is 0 Å².